The fourth-order valence-electron chi connectivity index (χ4n) is 3.44. The van der Waals surface area contributed by atoms with Gasteiger partial charge < -0.3 is 24.3 Å². The highest BCUT2D eigenvalue weighted by Gasteiger charge is 2.28. The van der Waals surface area contributed by atoms with Gasteiger partial charge in [0.2, 0.25) is 0 Å². The molecule has 25 heavy (non-hydrogen) atoms. The molecule has 3 rings (SSSR count). The number of hydrogen-bond donors (Lipinski definition) is 1. The first-order chi connectivity index (χ1) is 12.2. The van der Waals surface area contributed by atoms with Crippen LogP contribution in [0.15, 0.2) is 30.3 Å². The van der Waals surface area contributed by atoms with Crippen LogP contribution in [0.25, 0.3) is 0 Å². The van der Waals surface area contributed by atoms with E-state index in [1.807, 2.05) is 13.0 Å². The standard InChI is InChI=1S/C20H25NO4/c1-5-25-16-7-6-14(11-17(16)22-2)20-15-12-19(24-4)18(23-3)10-13(15)8-9-21-20/h6-7,10-12,20-21H,5,8-9H2,1-4H3/p+1/t20-/m1/s1. The Kier molecular flexibility index (Phi) is 5.34. The lowest BCUT2D eigenvalue weighted by Crippen LogP contribution is -2.87. The van der Waals surface area contributed by atoms with Gasteiger partial charge in [-0.3, -0.25) is 0 Å². The summed E-state index contributed by atoms with van der Waals surface area (Å²) in [6, 6.07) is 10.6. The molecule has 0 fully saturated rings. The van der Waals surface area contributed by atoms with Crippen molar-refractivity contribution in [1.29, 1.82) is 0 Å². The first-order valence-electron chi connectivity index (χ1n) is 8.60. The fraction of sp³-hybridized carbons (Fsp3) is 0.400. The largest absolute Gasteiger partial charge is 0.493 e. The van der Waals surface area contributed by atoms with Gasteiger partial charge in [0.25, 0.3) is 0 Å². The molecule has 0 spiro atoms. The quantitative estimate of drug-likeness (QED) is 0.874. The predicted octanol–water partition coefficient (Wildman–Crippen LogP) is 2.32. The van der Waals surface area contributed by atoms with Gasteiger partial charge in [-0.25, -0.2) is 0 Å². The molecule has 0 radical (unpaired) electrons. The van der Waals surface area contributed by atoms with Crippen LogP contribution in [-0.2, 0) is 6.42 Å². The van der Waals surface area contributed by atoms with E-state index in [2.05, 4.69) is 29.6 Å². The van der Waals surface area contributed by atoms with Crippen LogP contribution in [-0.4, -0.2) is 34.5 Å². The van der Waals surface area contributed by atoms with E-state index in [1.165, 1.54) is 16.7 Å². The lowest BCUT2D eigenvalue weighted by Gasteiger charge is -2.26. The molecule has 0 aromatic heterocycles. The zero-order chi connectivity index (χ0) is 17.8. The van der Waals surface area contributed by atoms with Crippen LogP contribution in [0.2, 0.25) is 0 Å². The van der Waals surface area contributed by atoms with E-state index in [1.54, 1.807) is 21.3 Å². The van der Waals surface area contributed by atoms with E-state index in [0.29, 0.717) is 6.61 Å². The van der Waals surface area contributed by atoms with Gasteiger partial charge in [-0.2, -0.15) is 0 Å². The summed E-state index contributed by atoms with van der Waals surface area (Å²) in [6.07, 6.45) is 1.01. The Morgan fingerprint density at radius 2 is 1.60 bits per heavy atom. The number of methoxy groups -OCH3 is 3. The number of ether oxygens (including phenoxy) is 4. The molecule has 0 aliphatic carbocycles. The van der Waals surface area contributed by atoms with E-state index in [-0.39, 0.29) is 6.04 Å². The molecule has 1 heterocycles. The second-order valence-corrected chi connectivity index (χ2v) is 6.00. The number of fused-ring (bicyclic) bond motifs is 1. The summed E-state index contributed by atoms with van der Waals surface area (Å²) < 4.78 is 22.1. The first-order valence-corrected chi connectivity index (χ1v) is 8.60. The second kappa shape index (κ2) is 7.66. The van der Waals surface area contributed by atoms with Crippen LogP contribution in [0.5, 0.6) is 23.0 Å². The van der Waals surface area contributed by atoms with Crippen LogP contribution in [0.4, 0.5) is 0 Å². The highest BCUT2D eigenvalue weighted by molar-refractivity contribution is 5.52. The van der Waals surface area contributed by atoms with Crippen molar-refractivity contribution in [3.8, 4) is 23.0 Å². The Bertz CT molecular complexity index is 745. The molecule has 0 amide bonds. The Morgan fingerprint density at radius 1 is 0.920 bits per heavy atom. The maximum atomic E-state index is 5.63. The van der Waals surface area contributed by atoms with E-state index in [9.17, 15) is 0 Å². The van der Waals surface area contributed by atoms with E-state index >= 15 is 0 Å². The zero-order valence-corrected chi connectivity index (χ0v) is 15.3. The molecule has 0 unspecified atom stereocenters. The Morgan fingerprint density at radius 3 is 2.28 bits per heavy atom. The number of benzene rings is 2. The first kappa shape index (κ1) is 17.4. The van der Waals surface area contributed by atoms with Crippen molar-refractivity contribution in [3.05, 3.63) is 47.0 Å². The van der Waals surface area contributed by atoms with Gasteiger partial charge in [0.1, 0.15) is 6.04 Å². The predicted molar refractivity (Wildman–Crippen MR) is 96.0 cm³/mol. The monoisotopic (exact) mass is 344 g/mol. The summed E-state index contributed by atoms with van der Waals surface area (Å²) in [6.45, 7) is 3.62. The third-order valence-electron chi connectivity index (χ3n) is 4.64. The molecular weight excluding hydrogens is 318 g/mol. The Hall–Kier alpha value is -2.40. The van der Waals surface area contributed by atoms with Gasteiger partial charge in [-0.15, -0.1) is 0 Å². The van der Waals surface area contributed by atoms with E-state index in [0.717, 1.165) is 36.0 Å². The van der Waals surface area contributed by atoms with Crippen LogP contribution in [0.3, 0.4) is 0 Å². The SMILES string of the molecule is CCOc1ccc([C@H]2[NH2+]CCc3cc(OC)c(OC)cc32)cc1OC. The zero-order valence-electron chi connectivity index (χ0n) is 15.3. The Labute approximate surface area is 148 Å². The number of quaternary nitrogens is 1. The molecule has 1 aliphatic heterocycles. The van der Waals surface area contributed by atoms with Gasteiger partial charge in [-0.05, 0) is 42.8 Å². The molecule has 134 valence electrons. The van der Waals surface area contributed by atoms with Crippen molar-refractivity contribution in [2.24, 2.45) is 0 Å². The molecule has 1 aliphatic rings. The minimum atomic E-state index is 0.202. The van der Waals surface area contributed by atoms with Crippen LogP contribution in [0, 0.1) is 0 Å². The third kappa shape index (κ3) is 3.37. The molecule has 2 N–H and O–H groups in total. The summed E-state index contributed by atoms with van der Waals surface area (Å²) in [5.74, 6) is 3.09. The van der Waals surface area contributed by atoms with Gasteiger partial charge in [0, 0.05) is 17.5 Å². The number of hydrogen-bond acceptors (Lipinski definition) is 4. The minimum Gasteiger partial charge on any atom is -0.493 e. The van der Waals surface area contributed by atoms with Crippen molar-refractivity contribution in [2.75, 3.05) is 34.5 Å². The second-order valence-electron chi connectivity index (χ2n) is 6.00. The smallest absolute Gasteiger partial charge is 0.161 e. The average Bonchev–Trinajstić information content (AvgIpc) is 2.66. The number of nitrogens with two attached hydrogens (primary N) is 1. The summed E-state index contributed by atoms with van der Waals surface area (Å²) in [5.41, 5.74) is 3.75. The van der Waals surface area contributed by atoms with Crippen molar-refractivity contribution in [2.45, 2.75) is 19.4 Å². The van der Waals surface area contributed by atoms with Crippen molar-refractivity contribution in [1.82, 2.24) is 0 Å². The lowest BCUT2D eigenvalue weighted by atomic mass is 9.89. The Balaban J connectivity index is 2.03. The molecule has 5 heteroatoms. The summed E-state index contributed by atoms with van der Waals surface area (Å²) in [7, 11) is 5.02. The molecule has 1 atom stereocenters. The molecule has 5 nitrogen and oxygen atoms in total. The van der Waals surface area contributed by atoms with Crippen molar-refractivity contribution >= 4 is 0 Å². The molecule has 2 aromatic carbocycles. The highest BCUT2D eigenvalue weighted by Crippen LogP contribution is 2.37. The van der Waals surface area contributed by atoms with Crippen LogP contribution in [0.1, 0.15) is 29.7 Å². The van der Waals surface area contributed by atoms with Crippen molar-refractivity contribution < 1.29 is 24.3 Å². The summed E-state index contributed by atoms with van der Waals surface area (Å²) in [4.78, 5) is 0. The van der Waals surface area contributed by atoms with Crippen LogP contribution >= 0.6 is 0 Å². The van der Waals surface area contributed by atoms with Gasteiger partial charge in [0.15, 0.2) is 23.0 Å². The maximum Gasteiger partial charge on any atom is 0.161 e. The molecule has 0 saturated carbocycles. The van der Waals surface area contributed by atoms with Gasteiger partial charge in [-0.1, -0.05) is 0 Å². The average molecular weight is 344 g/mol. The number of rotatable bonds is 6. The fourth-order valence-corrected chi connectivity index (χ4v) is 3.44. The third-order valence-corrected chi connectivity index (χ3v) is 4.64. The summed E-state index contributed by atoms with van der Waals surface area (Å²) >= 11 is 0. The summed E-state index contributed by atoms with van der Waals surface area (Å²) in [5, 5.41) is 2.35. The molecule has 2 aromatic rings. The highest BCUT2D eigenvalue weighted by atomic mass is 16.5. The van der Waals surface area contributed by atoms with E-state index in [4.69, 9.17) is 18.9 Å². The van der Waals surface area contributed by atoms with Crippen LogP contribution < -0.4 is 24.3 Å². The lowest BCUT2D eigenvalue weighted by molar-refractivity contribution is -0.690. The molecule has 0 bridgehead atoms. The van der Waals surface area contributed by atoms with E-state index < -0.39 is 0 Å². The minimum absolute atomic E-state index is 0.202. The molecular formula is C20H26NO4+. The maximum absolute atomic E-state index is 5.63. The topological polar surface area (TPSA) is 53.5 Å². The van der Waals surface area contributed by atoms with Gasteiger partial charge >= 0.3 is 0 Å². The normalized spacial score (nSPS) is 16.1. The van der Waals surface area contributed by atoms with Crippen molar-refractivity contribution in [3.63, 3.8) is 0 Å². The molecule has 0 saturated heterocycles. The van der Waals surface area contributed by atoms with Gasteiger partial charge in [0.05, 0.1) is 34.5 Å².